The lowest BCUT2D eigenvalue weighted by molar-refractivity contribution is -0.125. The first-order chi connectivity index (χ1) is 17.1. The van der Waals surface area contributed by atoms with E-state index in [1.807, 2.05) is 7.05 Å². The molecule has 0 radical (unpaired) electrons. The number of halogens is 1. The molecule has 2 fully saturated rings. The zero-order chi connectivity index (χ0) is 25.7. The first kappa shape index (κ1) is 24.4. The van der Waals surface area contributed by atoms with Crippen molar-refractivity contribution in [1.29, 1.82) is 0 Å². The Balaban J connectivity index is 1.51. The molecule has 1 aliphatic heterocycles. The summed E-state index contributed by atoms with van der Waals surface area (Å²) in [5.74, 6) is -1.32. The minimum Gasteiger partial charge on any atom is -0.349 e. The molecule has 1 heterocycles. The average Bonchev–Trinajstić information content (AvgIpc) is 3.11. The lowest BCUT2D eigenvalue weighted by Gasteiger charge is -2.38. The first-order valence-electron chi connectivity index (χ1n) is 12.0. The molecule has 5 rings (SSSR count). The van der Waals surface area contributed by atoms with Gasteiger partial charge in [0, 0.05) is 23.7 Å². The van der Waals surface area contributed by atoms with E-state index < -0.39 is 26.2 Å². The van der Waals surface area contributed by atoms with E-state index in [9.17, 15) is 22.4 Å². The van der Waals surface area contributed by atoms with E-state index in [1.54, 1.807) is 6.07 Å². The molecule has 2 aromatic carbocycles. The molecule has 2 N–H and O–H groups in total. The number of carbonyl (C=O) groups is 2. The fraction of sp³-hybridized carbons (Fsp3) is 0.423. The van der Waals surface area contributed by atoms with Gasteiger partial charge in [-0.3, -0.25) is 14.3 Å². The Kier molecular flexibility index (Phi) is 6.09. The predicted molar refractivity (Wildman–Crippen MR) is 132 cm³/mol. The summed E-state index contributed by atoms with van der Waals surface area (Å²) in [5.41, 5.74) is 1.04. The van der Waals surface area contributed by atoms with Gasteiger partial charge in [-0.05, 0) is 81.2 Å². The molecule has 1 amide bonds. The second-order valence-corrected chi connectivity index (χ2v) is 11.6. The van der Waals surface area contributed by atoms with Crippen molar-refractivity contribution in [2.75, 3.05) is 24.9 Å². The van der Waals surface area contributed by atoms with Gasteiger partial charge >= 0.3 is 0 Å². The van der Waals surface area contributed by atoms with Crippen LogP contribution in [0.2, 0.25) is 0 Å². The molecule has 1 spiro atoms. The Bertz CT molecular complexity index is 1400. The standard InChI is InChI=1S/C26H27FN4O4S/c1-28-17-4-5-23(22(27)14-17)36(34,35)30-18-12-20(25(33)29-16-6-10-31(2)11-7-16)19-15-24(32)26(8-3-9-26)21(19)13-18/h4-5,12-14,16,30H,3,6-11,15H2,2H3,(H,29,33). The summed E-state index contributed by atoms with van der Waals surface area (Å²) in [6, 6.07) is 6.20. The molecule has 188 valence electrons. The van der Waals surface area contributed by atoms with Gasteiger partial charge < -0.3 is 10.2 Å². The lowest BCUT2D eigenvalue weighted by Crippen LogP contribution is -2.43. The van der Waals surface area contributed by atoms with Crippen LogP contribution in [0.5, 0.6) is 0 Å². The second kappa shape index (κ2) is 8.98. The van der Waals surface area contributed by atoms with Crippen LogP contribution in [0.3, 0.4) is 0 Å². The summed E-state index contributed by atoms with van der Waals surface area (Å²) in [6.45, 7) is 8.71. The first-order valence-corrected chi connectivity index (χ1v) is 13.5. The molecule has 3 aliphatic rings. The topological polar surface area (TPSA) is 99.9 Å². The molecular formula is C26H27FN4O4S. The molecule has 0 aromatic heterocycles. The number of nitrogens with one attached hydrogen (secondary N) is 2. The third-order valence-corrected chi connectivity index (χ3v) is 9.14. The van der Waals surface area contributed by atoms with Crippen molar-refractivity contribution in [3.05, 3.63) is 64.3 Å². The number of piperidine rings is 1. The van der Waals surface area contributed by atoms with Gasteiger partial charge in [0.1, 0.15) is 16.5 Å². The molecule has 2 aromatic rings. The van der Waals surface area contributed by atoms with Crippen LogP contribution < -0.4 is 10.0 Å². The molecule has 10 heteroatoms. The molecule has 1 saturated carbocycles. The van der Waals surface area contributed by atoms with Crippen LogP contribution in [0.4, 0.5) is 15.8 Å². The van der Waals surface area contributed by atoms with Gasteiger partial charge in [-0.25, -0.2) is 17.7 Å². The minimum absolute atomic E-state index is 0.00507. The summed E-state index contributed by atoms with van der Waals surface area (Å²) in [7, 11) is -2.32. The minimum atomic E-state index is -4.35. The Labute approximate surface area is 209 Å². The maximum atomic E-state index is 14.5. The average molecular weight is 511 g/mol. The van der Waals surface area contributed by atoms with Crippen molar-refractivity contribution in [2.24, 2.45) is 0 Å². The summed E-state index contributed by atoms with van der Waals surface area (Å²) >= 11 is 0. The Hall–Kier alpha value is -3.29. The van der Waals surface area contributed by atoms with Crippen LogP contribution in [0, 0.1) is 12.4 Å². The summed E-state index contributed by atoms with van der Waals surface area (Å²) in [6.07, 6.45) is 3.97. The number of amides is 1. The third kappa shape index (κ3) is 4.16. The van der Waals surface area contributed by atoms with Crippen LogP contribution in [0.15, 0.2) is 35.2 Å². The molecule has 2 aliphatic carbocycles. The molecule has 36 heavy (non-hydrogen) atoms. The normalized spacial score (nSPS) is 19.4. The number of rotatable bonds is 5. The highest BCUT2D eigenvalue weighted by Crippen LogP contribution is 2.52. The molecular weight excluding hydrogens is 483 g/mol. The fourth-order valence-electron chi connectivity index (χ4n) is 5.51. The van der Waals surface area contributed by atoms with Gasteiger partial charge in [0.05, 0.1) is 12.0 Å². The van der Waals surface area contributed by atoms with E-state index in [-0.39, 0.29) is 41.1 Å². The second-order valence-electron chi connectivity index (χ2n) is 9.97. The van der Waals surface area contributed by atoms with Crippen LogP contribution >= 0.6 is 0 Å². The summed E-state index contributed by atoms with van der Waals surface area (Å²) in [5, 5.41) is 3.06. The van der Waals surface area contributed by atoms with E-state index in [0.717, 1.165) is 44.5 Å². The van der Waals surface area contributed by atoms with Crippen molar-refractivity contribution in [1.82, 2.24) is 10.2 Å². The number of anilines is 1. The number of likely N-dealkylation sites (tertiary alicyclic amines) is 1. The van der Waals surface area contributed by atoms with E-state index in [0.29, 0.717) is 24.0 Å². The van der Waals surface area contributed by atoms with Gasteiger partial charge in [-0.15, -0.1) is 0 Å². The van der Waals surface area contributed by atoms with Crippen LogP contribution in [-0.2, 0) is 26.7 Å². The van der Waals surface area contributed by atoms with Crippen LogP contribution in [-0.4, -0.2) is 51.2 Å². The van der Waals surface area contributed by atoms with E-state index in [4.69, 9.17) is 6.57 Å². The number of sulfonamides is 1. The molecule has 8 nitrogen and oxygen atoms in total. The number of ketones is 1. The molecule has 0 bridgehead atoms. The largest absolute Gasteiger partial charge is 0.349 e. The Morgan fingerprint density at radius 3 is 2.53 bits per heavy atom. The van der Waals surface area contributed by atoms with E-state index in [2.05, 4.69) is 19.8 Å². The van der Waals surface area contributed by atoms with Crippen LogP contribution in [0.1, 0.15) is 53.6 Å². The highest BCUT2D eigenvalue weighted by atomic mass is 32.2. The number of fused-ring (bicyclic) bond motifs is 2. The maximum absolute atomic E-state index is 14.5. The zero-order valence-electron chi connectivity index (χ0n) is 19.9. The molecule has 0 unspecified atom stereocenters. The smallest absolute Gasteiger partial charge is 0.264 e. The van der Waals surface area contributed by atoms with Gasteiger partial charge in [0.25, 0.3) is 15.9 Å². The van der Waals surface area contributed by atoms with Gasteiger partial charge in [0.15, 0.2) is 5.69 Å². The lowest BCUT2D eigenvalue weighted by atomic mass is 9.64. The van der Waals surface area contributed by atoms with Crippen LogP contribution in [0.25, 0.3) is 4.85 Å². The quantitative estimate of drug-likeness (QED) is 0.600. The summed E-state index contributed by atoms with van der Waals surface area (Å²) in [4.78, 5) is 31.1. The maximum Gasteiger partial charge on any atom is 0.264 e. The Morgan fingerprint density at radius 1 is 1.19 bits per heavy atom. The number of nitrogens with zero attached hydrogens (tertiary/aromatic N) is 2. The van der Waals surface area contributed by atoms with E-state index in [1.165, 1.54) is 12.1 Å². The van der Waals surface area contributed by atoms with Gasteiger partial charge in [-0.1, -0.05) is 12.5 Å². The molecule has 0 atom stereocenters. The van der Waals surface area contributed by atoms with Gasteiger partial charge in [0.2, 0.25) is 0 Å². The predicted octanol–water partition coefficient (Wildman–Crippen LogP) is 3.55. The van der Waals surface area contributed by atoms with E-state index >= 15 is 0 Å². The number of hydrogen-bond donors (Lipinski definition) is 2. The van der Waals surface area contributed by atoms with Crippen molar-refractivity contribution in [3.8, 4) is 0 Å². The highest BCUT2D eigenvalue weighted by Gasteiger charge is 2.51. The number of hydrogen-bond acceptors (Lipinski definition) is 5. The van der Waals surface area contributed by atoms with Crippen molar-refractivity contribution in [3.63, 3.8) is 0 Å². The highest BCUT2D eigenvalue weighted by molar-refractivity contribution is 7.92. The fourth-order valence-corrected chi connectivity index (χ4v) is 6.61. The van der Waals surface area contributed by atoms with Crippen molar-refractivity contribution >= 4 is 33.1 Å². The SMILES string of the molecule is [C-]#[N+]c1ccc(S(=O)(=O)Nc2cc(C(=O)NC3CCN(C)CC3)c3c(c2)C2(CCC2)C(=O)C3)c(F)c1. The monoisotopic (exact) mass is 510 g/mol. The number of Topliss-reactive ketones (excluding diaryl/α,β-unsaturated/α-hetero) is 1. The van der Waals surface area contributed by atoms with Gasteiger partial charge in [-0.2, -0.15) is 0 Å². The van der Waals surface area contributed by atoms with Crippen molar-refractivity contribution < 1.29 is 22.4 Å². The third-order valence-electron chi connectivity index (χ3n) is 7.73. The summed E-state index contributed by atoms with van der Waals surface area (Å²) < 4.78 is 43.0. The molecule has 1 saturated heterocycles. The number of benzene rings is 2. The zero-order valence-corrected chi connectivity index (χ0v) is 20.8. The van der Waals surface area contributed by atoms with Crippen molar-refractivity contribution in [2.45, 2.75) is 54.9 Å². The Morgan fingerprint density at radius 2 is 1.92 bits per heavy atom. The number of carbonyl (C=O) groups excluding carboxylic acids is 2.